The van der Waals surface area contributed by atoms with Crippen LogP contribution in [0.2, 0.25) is 0 Å². The quantitative estimate of drug-likeness (QED) is 0.642. The number of hydrogen-bond acceptors (Lipinski definition) is 3. The van der Waals surface area contributed by atoms with Crippen molar-refractivity contribution >= 4 is 11.4 Å². The Hall–Kier alpha value is -1.45. The summed E-state index contributed by atoms with van der Waals surface area (Å²) in [6, 6.07) is 2.99. The molecule has 0 radical (unpaired) electrons. The van der Waals surface area contributed by atoms with Gasteiger partial charge in [-0.05, 0) is 26.2 Å². The second-order valence-corrected chi connectivity index (χ2v) is 5.83. The van der Waals surface area contributed by atoms with E-state index in [1.807, 2.05) is 13.8 Å². The number of ether oxygens (including phenoxy) is 1. The maximum Gasteiger partial charge on any atom is 0.167 e. The molecule has 4 heteroatoms. The van der Waals surface area contributed by atoms with Gasteiger partial charge in [0.1, 0.15) is 0 Å². The Morgan fingerprint density at radius 1 is 1.29 bits per heavy atom. The molecule has 0 heterocycles. The smallest absolute Gasteiger partial charge is 0.167 e. The summed E-state index contributed by atoms with van der Waals surface area (Å²) in [6.07, 6.45) is 4.71. The average Bonchev–Trinajstić information content (AvgIpc) is 2.43. The zero-order valence-electron chi connectivity index (χ0n) is 13.7. The molecule has 3 nitrogen and oxygen atoms in total. The van der Waals surface area contributed by atoms with Crippen LogP contribution in [-0.4, -0.2) is 12.6 Å². The van der Waals surface area contributed by atoms with Crippen LogP contribution in [0.5, 0.6) is 5.75 Å². The van der Waals surface area contributed by atoms with Gasteiger partial charge in [0.25, 0.3) is 0 Å². The van der Waals surface area contributed by atoms with E-state index in [0.29, 0.717) is 11.6 Å². The van der Waals surface area contributed by atoms with Crippen molar-refractivity contribution in [2.45, 2.75) is 59.5 Å². The Kier molecular flexibility index (Phi) is 7.34. The van der Waals surface area contributed by atoms with E-state index in [1.165, 1.54) is 25.3 Å². The first-order valence-corrected chi connectivity index (χ1v) is 7.97. The van der Waals surface area contributed by atoms with Crippen molar-refractivity contribution in [2.24, 2.45) is 5.92 Å². The van der Waals surface area contributed by atoms with Crippen LogP contribution >= 0.6 is 0 Å². The van der Waals surface area contributed by atoms with Crippen LogP contribution in [0.3, 0.4) is 0 Å². The first-order chi connectivity index (χ1) is 9.97. The lowest BCUT2D eigenvalue weighted by Crippen LogP contribution is -2.15. The average molecular weight is 296 g/mol. The molecule has 120 valence electrons. The summed E-state index contributed by atoms with van der Waals surface area (Å²) < 4.78 is 19.3. The summed E-state index contributed by atoms with van der Waals surface area (Å²) in [5.41, 5.74) is 7.07. The minimum absolute atomic E-state index is 0.0658. The summed E-state index contributed by atoms with van der Waals surface area (Å²) in [5, 5.41) is 3.34. The molecule has 1 aromatic rings. The van der Waals surface area contributed by atoms with Gasteiger partial charge in [-0.15, -0.1) is 0 Å². The lowest BCUT2D eigenvalue weighted by molar-refractivity contribution is 0.231. The molecule has 21 heavy (non-hydrogen) atoms. The molecule has 0 saturated carbocycles. The Morgan fingerprint density at radius 2 is 2.00 bits per heavy atom. The van der Waals surface area contributed by atoms with E-state index < -0.39 is 5.82 Å². The summed E-state index contributed by atoms with van der Waals surface area (Å²) in [6.45, 7) is 9.01. The van der Waals surface area contributed by atoms with Gasteiger partial charge >= 0.3 is 0 Å². The van der Waals surface area contributed by atoms with Crippen molar-refractivity contribution in [3.63, 3.8) is 0 Å². The summed E-state index contributed by atoms with van der Waals surface area (Å²) in [7, 11) is 0. The highest BCUT2D eigenvalue weighted by Gasteiger charge is 2.12. The number of nitrogen functional groups attached to an aromatic ring is 1. The lowest BCUT2D eigenvalue weighted by Gasteiger charge is -2.19. The number of nitrogens with one attached hydrogen (secondary N) is 1. The Labute approximate surface area is 128 Å². The van der Waals surface area contributed by atoms with Crippen LogP contribution < -0.4 is 15.8 Å². The van der Waals surface area contributed by atoms with E-state index in [4.69, 9.17) is 10.5 Å². The van der Waals surface area contributed by atoms with Crippen molar-refractivity contribution in [3.8, 4) is 5.75 Å². The van der Waals surface area contributed by atoms with Gasteiger partial charge in [0.15, 0.2) is 11.6 Å². The number of unbranched alkanes of at least 4 members (excludes halogenated alkanes) is 1. The van der Waals surface area contributed by atoms with Gasteiger partial charge in [0.05, 0.1) is 17.5 Å². The van der Waals surface area contributed by atoms with Crippen LogP contribution in [0.25, 0.3) is 0 Å². The molecule has 0 fully saturated rings. The fourth-order valence-corrected chi connectivity index (χ4v) is 2.26. The predicted octanol–water partition coefficient (Wildman–Crippen LogP) is 4.82. The SMILES string of the molecule is CCCCC(CC)CNc1cc(OC(C)C)c(F)cc1N. The molecule has 1 atom stereocenters. The topological polar surface area (TPSA) is 47.3 Å². The van der Waals surface area contributed by atoms with Gasteiger partial charge in [0, 0.05) is 18.7 Å². The number of halogens is 1. The molecule has 3 N–H and O–H groups in total. The van der Waals surface area contributed by atoms with Crippen LogP contribution in [0.4, 0.5) is 15.8 Å². The molecular weight excluding hydrogens is 267 g/mol. The van der Waals surface area contributed by atoms with E-state index in [1.54, 1.807) is 6.07 Å². The monoisotopic (exact) mass is 296 g/mol. The van der Waals surface area contributed by atoms with Crippen molar-refractivity contribution in [3.05, 3.63) is 17.9 Å². The highest BCUT2D eigenvalue weighted by molar-refractivity contribution is 5.68. The van der Waals surface area contributed by atoms with E-state index in [-0.39, 0.29) is 11.9 Å². The van der Waals surface area contributed by atoms with Gasteiger partial charge in [-0.25, -0.2) is 4.39 Å². The summed E-state index contributed by atoms with van der Waals surface area (Å²) in [5.74, 6) is 0.456. The third-order valence-electron chi connectivity index (χ3n) is 3.59. The second-order valence-electron chi connectivity index (χ2n) is 5.83. The molecule has 0 spiro atoms. The van der Waals surface area contributed by atoms with Gasteiger partial charge in [-0.1, -0.05) is 33.1 Å². The minimum atomic E-state index is -0.412. The second kappa shape index (κ2) is 8.75. The van der Waals surface area contributed by atoms with Crippen LogP contribution in [0.1, 0.15) is 53.4 Å². The normalized spacial score (nSPS) is 12.5. The van der Waals surface area contributed by atoms with Crippen LogP contribution in [0, 0.1) is 11.7 Å². The molecule has 0 bridgehead atoms. The van der Waals surface area contributed by atoms with Gasteiger partial charge in [-0.3, -0.25) is 0 Å². The first-order valence-electron chi connectivity index (χ1n) is 7.97. The number of benzene rings is 1. The zero-order chi connectivity index (χ0) is 15.8. The van der Waals surface area contributed by atoms with E-state index in [9.17, 15) is 4.39 Å². The fraction of sp³-hybridized carbons (Fsp3) is 0.647. The molecule has 0 aromatic heterocycles. The zero-order valence-corrected chi connectivity index (χ0v) is 13.7. The van der Waals surface area contributed by atoms with Crippen molar-refractivity contribution in [2.75, 3.05) is 17.6 Å². The van der Waals surface area contributed by atoms with Crippen molar-refractivity contribution < 1.29 is 9.13 Å². The van der Waals surface area contributed by atoms with E-state index >= 15 is 0 Å². The minimum Gasteiger partial charge on any atom is -0.488 e. The van der Waals surface area contributed by atoms with Crippen LogP contribution in [-0.2, 0) is 0 Å². The van der Waals surface area contributed by atoms with Crippen LogP contribution in [0.15, 0.2) is 12.1 Å². The molecule has 0 aliphatic heterocycles. The molecule has 1 aromatic carbocycles. The molecule has 1 rings (SSSR count). The molecule has 0 saturated heterocycles. The molecule has 1 unspecified atom stereocenters. The maximum atomic E-state index is 13.8. The number of nitrogens with two attached hydrogens (primary N) is 1. The summed E-state index contributed by atoms with van der Waals surface area (Å²) in [4.78, 5) is 0. The third-order valence-corrected chi connectivity index (χ3v) is 3.59. The number of hydrogen-bond donors (Lipinski definition) is 2. The van der Waals surface area contributed by atoms with Gasteiger partial charge in [0.2, 0.25) is 0 Å². The Balaban J connectivity index is 2.73. The summed E-state index contributed by atoms with van der Waals surface area (Å²) >= 11 is 0. The van der Waals surface area contributed by atoms with Crippen molar-refractivity contribution in [1.82, 2.24) is 0 Å². The number of rotatable bonds is 9. The maximum absolute atomic E-state index is 13.8. The van der Waals surface area contributed by atoms with E-state index in [2.05, 4.69) is 19.2 Å². The molecule has 0 amide bonds. The highest BCUT2D eigenvalue weighted by Crippen LogP contribution is 2.29. The van der Waals surface area contributed by atoms with Gasteiger partial charge < -0.3 is 15.8 Å². The lowest BCUT2D eigenvalue weighted by atomic mass is 9.99. The first kappa shape index (κ1) is 17.6. The van der Waals surface area contributed by atoms with E-state index in [0.717, 1.165) is 18.7 Å². The third kappa shape index (κ3) is 5.82. The standard InChI is InChI=1S/C17H29FN2O/c1-5-7-8-13(6-2)11-20-16-10-17(21-12(3)4)14(18)9-15(16)19/h9-10,12-13,20H,5-8,11,19H2,1-4H3. The molecule has 0 aliphatic carbocycles. The Morgan fingerprint density at radius 3 is 2.57 bits per heavy atom. The molecular formula is C17H29FN2O. The number of anilines is 2. The fourth-order valence-electron chi connectivity index (χ4n) is 2.26. The largest absolute Gasteiger partial charge is 0.488 e. The Bertz CT molecular complexity index is 435. The highest BCUT2D eigenvalue weighted by atomic mass is 19.1. The molecule has 0 aliphatic rings. The predicted molar refractivity (Wildman–Crippen MR) is 88.4 cm³/mol. The van der Waals surface area contributed by atoms with Gasteiger partial charge in [-0.2, -0.15) is 0 Å². The van der Waals surface area contributed by atoms with Crippen molar-refractivity contribution in [1.29, 1.82) is 0 Å².